The summed E-state index contributed by atoms with van der Waals surface area (Å²) >= 11 is 13.3. The highest BCUT2D eigenvalue weighted by Gasteiger charge is 2.17. The zero-order valence-corrected chi connectivity index (χ0v) is 14.1. The molecule has 0 unspecified atom stereocenters. The first kappa shape index (κ1) is 16.2. The van der Waals surface area contributed by atoms with Crippen LogP contribution in [0.15, 0.2) is 40.1 Å². The minimum absolute atomic E-state index is 0.515. The van der Waals surface area contributed by atoms with Gasteiger partial charge in [-0.3, -0.25) is 0 Å². The maximum absolute atomic E-state index is 5.96. The van der Waals surface area contributed by atoms with Gasteiger partial charge in [0.15, 0.2) is 10.3 Å². The van der Waals surface area contributed by atoms with Gasteiger partial charge in [0.05, 0.1) is 10.0 Å². The third-order valence-corrected chi connectivity index (χ3v) is 4.08. The molecular formula is C14H16Cl2N4S. The molecule has 1 heterocycles. The summed E-state index contributed by atoms with van der Waals surface area (Å²) < 4.78 is 0. The van der Waals surface area contributed by atoms with E-state index in [2.05, 4.69) is 27.5 Å². The summed E-state index contributed by atoms with van der Waals surface area (Å²) in [5.74, 6) is 0. The van der Waals surface area contributed by atoms with E-state index in [9.17, 15) is 0 Å². The molecule has 0 aromatic heterocycles. The minimum atomic E-state index is 0.515. The molecule has 0 bridgehead atoms. The van der Waals surface area contributed by atoms with Crippen molar-refractivity contribution in [2.24, 2.45) is 9.98 Å². The van der Waals surface area contributed by atoms with Gasteiger partial charge in [0, 0.05) is 24.1 Å². The van der Waals surface area contributed by atoms with Gasteiger partial charge in [0.1, 0.15) is 0 Å². The summed E-state index contributed by atoms with van der Waals surface area (Å²) in [6, 6.07) is 5.36. The van der Waals surface area contributed by atoms with E-state index in [-0.39, 0.29) is 0 Å². The molecule has 1 aromatic rings. The van der Waals surface area contributed by atoms with Crippen molar-refractivity contribution < 1.29 is 0 Å². The van der Waals surface area contributed by atoms with Crippen LogP contribution in [0.3, 0.4) is 0 Å². The Morgan fingerprint density at radius 1 is 1.38 bits per heavy atom. The summed E-state index contributed by atoms with van der Waals surface area (Å²) in [7, 11) is 0. The number of thioether (sulfide) groups is 1. The summed E-state index contributed by atoms with van der Waals surface area (Å²) in [6.07, 6.45) is 2.88. The van der Waals surface area contributed by atoms with Gasteiger partial charge in [-0.1, -0.05) is 30.1 Å². The Hall–Kier alpha value is -1.17. The maximum Gasteiger partial charge on any atom is 0.197 e. The fourth-order valence-corrected chi connectivity index (χ4v) is 2.39. The Labute approximate surface area is 138 Å². The average Bonchev–Trinajstić information content (AvgIpc) is 2.42. The topological polar surface area (TPSA) is 48.8 Å². The quantitative estimate of drug-likeness (QED) is 0.813. The van der Waals surface area contributed by atoms with Gasteiger partial charge in [0.25, 0.3) is 0 Å². The highest BCUT2D eigenvalue weighted by molar-refractivity contribution is 8.29. The Morgan fingerprint density at radius 3 is 2.81 bits per heavy atom. The van der Waals surface area contributed by atoms with Crippen LogP contribution in [0.5, 0.6) is 0 Å². The van der Waals surface area contributed by atoms with E-state index >= 15 is 0 Å². The fourth-order valence-electron chi connectivity index (χ4n) is 1.51. The molecule has 0 saturated carbocycles. The lowest BCUT2D eigenvalue weighted by Gasteiger charge is -2.16. The summed E-state index contributed by atoms with van der Waals surface area (Å²) in [5, 5.41) is 8.98. The number of nitrogens with one attached hydrogen (secondary N) is 2. The first-order valence-corrected chi connectivity index (χ1v) is 8.13. The van der Waals surface area contributed by atoms with Crippen molar-refractivity contribution >= 4 is 51.0 Å². The van der Waals surface area contributed by atoms with Crippen LogP contribution in [0.2, 0.25) is 10.0 Å². The lowest BCUT2D eigenvalue weighted by atomic mass is 10.3. The smallest absolute Gasteiger partial charge is 0.197 e. The molecular weight excluding hydrogens is 327 g/mol. The molecule has 1 aliphatic heterocycles. The first-order chi connectivity index (χ1) is 10.1. The van der Waals surface area contributed by atoms with Crippen LogP contribution < -0.4 is 10.6 Å². The average molecular weight is 343 g/mol. The number of nitrogens with zero attached hydrogens (tertiary/aromatic N) is 2. The predicted octanol–water partition coefficient (Wildman–Crippen LogP) is 4.73. The standard InChI is InChI=1S/C14H16Cl2N4S/c1-3-6-17-9(2)8-18-13-20-14(21-13)19-10-4-5-11(15)12(16)7-10/h4-5,7-8,17H,3,6H2,1-2H3,(H,18,19,20)/b9-8-. The Morgan fingerprint density at radius 2 is 2.14 bits per heavy atom. The third kappa shape index (κ3) is 4.95. The van der Waals surface area contributed by atoms with Crippen LogP contribution in [0.4, 0.5) is 5.69 Å². The molecule has 0 saturated heterocycles. The number of hydrogen-bond acceptors (Lipinski definition) is 4. The lowest BCUT2D eigenvalue weighted by Crippen LogP contribution is -2.19. The van der Waals surface area contributed by atoms with Crippen LogP contribution >= 0.6 is 35.0 Å². The largest absolute Gasteiger partial charge is 0.387 e. The molecule has 1 aromatic carbocycles. The van der Waals surface area contributed by atoms with E-state index < -0.39 is 0 Å². The van der Waals surface area contributed by atoms with E-state index in [4.69, 9.17) is 23.2 Å². The third-order valence-electron chi connectivity index (χ3n) is 2.58. The number of allylic oxidation sites excluding steroid dienone is 1. The number of hydrogen-bond donors (Lipinski definition) is 2. The summed E-state index contributed by atoms with van der Waals surface area (Å²) in [5.41, 5.74) is 1.89. The van der Waals surface area contributed by atoms with E-state index in [1.165, 1.54) is 11.8 Å². The normalized spacial score (nSPS) is 16.5. The number of halogens is 2. The van der Waals surface area contributed by atoms with Gasteiger partial charge < -0.3 is 10.6 Å². The number of anilines is 1. The lowest BCUT2D eigenvalue weighted by molar-refractivity contribution is 0.767. The van der Waals surface area contributed by atoms with E-state index in [1.54, 1.807) is 18.3 Å². The molecule has 21 heavy (non-hydrogen) atoms. The van der Waals surface area contributed by atoms with Crippen LogP contribution in [0.1, 0.15) is 20.3 Å². The summed E-state index contributed by atoms with van der Waals surface area (Å²) in [4.78, 5) is 8.58. The second-order valence-corrected chi connectivity index (χ2v) is 6.19. The van der Waals surface area contributed by atoms with Crippen LogP contribution in [0, 0.1) is 0 Å². The van der Waals surface area contributed by atoms with Gasteiger partial charge in [-0.05, 0) is 43.3 Å². The van der Waals surface area contributed by atoms with Crippen molar-refractivity contribution in [1.29, 1.82) is 0 Å². The van der Waals surface area contributed by atoms with Crippen LogP contribution in [-0.2, 0) is 0 Å². The van der Waals surface area contributed by atoms with Crippen molar-refractivity contribution in [2.45, 2.75) is 20.3 Å². The van der Waals surface area contributed by atoms with Crippen molar-refractivity contribution in [3.8, 4) is 0 Å². The molecule has 1 aliphatic rings. The van der Waals surface area contributed by atoms with Crippen molar-refractivity contribution in [3.05, 3.63) is 40.1 Å². The molecule has 2 N–H and O–H groups in total. The van der Waals surface area contributed by atoms with Gasteiger partial charge in [-0.2, -0.15) is 4.99 Å². The van der Waals surface area contributed by atoms with Crippen LogP contribution in [-0.4, -0.2) is 16.9 Å². The molecule has 112 valence electrons. The van der Waals surface area contributed by atoms with Gasteiger partial charge >= 0.3 is 0 Å². The Balaban J connectivity index is 1.90. The van der Waals surface area contributed by atoms with Crippen molar-refractivity contribution in [1.82, 2.24) is 5.32 Å². The van der Waals surface area contributed by atoms with Gasteiger partial charge in [-0.25, -0.2) is 4.99 Å². The second kappa shape index (κ2) is 7.73. The van der Waals surface area contributed by atoms with E-state index in [0.717, 1.165) is 34.7 Å². The number of benzene rings is 1. The SMILES string of the molecule is CCCN/C(C)=C\N=C1N=C(Nc2ccc(Cl)c(Cl)c2)S1. The van der Waals surface area contributed by atoms with E-state index in [0.29, 0.717) is 10.0 Å². The molecule has 0 aliphatic carbocycles. The molecule has 0 fully saturated rings. The van der Waals surface area contributed by atoms with E-state index in [1.807, 2.05) is 13.0 Å². The van der Waals surface area contributed by atoms with Gasteiger partial charge in [-0.15, -0.1) is 0 Å². The molecule has 4 nitrogen and oxygen atoms in total. The predicted molar refractivity (Wildman–Crippen MR) is 94.6 cm³/mol. The highest BCUT2D eigenvalue weighted by Crippen LogP contribution is 2.27. The molecule has 0 spiro atoms. The molecule has 2 rings (SSSR count). The fraction of sp³-hybridized carbons (Fsp3) is 0.286. The molecule has 7 heteroatoms. The molecule has 0 radical (unpaired) electrons. The Kier molecular flexibility index (Phi) is 5.96. The van der Waals surface area contributed by atoms with Crippen molar-refractivity contribution in [2.75, 3.05) is 11.9 Å². The number of aliphatic imine (C=N–C) groups is 2. The first-order valence-electron chi connectivity index (χ1n) is 6.55. The number of rotatable bonds is 5. The monoisotopic (exact) mass is 342 g/mol. The molecule has 0 atom stereocenters. The minimum Gasteiger partial charge on any atom is -0.387 e. The van der Waals surface area contributed by atoms with Crippen LogP contribution in [0.25, 0.3) is 0 Å². The highest BCUT2D eigenvalue weighted by atomic mass is 35.5. The molecule has 0 amide bonds. The maximum atomic E-state index is 5.96. The second-order valence-electron chi connectivity index (χ2n) is 4.42. The zero-order chi connectivity index (χ0) is 15.2. The number of amidine groups is 2. The Bertz CT molecular complexity index is 611. The van der Waals surface area contributed by atoms with Gasteiger partial charge in [0.2, 0.25) is 0 Å². The zero-order valence-electron chi connectivity index (χ0n) is 11.8. The van der Waals surface area contributed by atoms with Crippen molar-refractivity contribution in [3.63, 3.8) is 0 Å². The summed E-state index contributed by atoms with van der Waals surface area (Å²) in [6.45, 7) is 5.06.